The Balaban J connectivity index is 2.00. The molecule has 0 spiro atoms. The Morgan fingerprint density at radius 3 is 3.06 bits per heavy atom. The lowest BCUT2D eigenvalue weighted by atomic mass is 10.2. The average Bonchev–Trinajstić information content (AvgIpc) is 2.73. The summed E-state index contributed by atoms with van der Waals surface area (Å²) in [5, 5.41) is 13.7. The van der Waals surface area contributed by atoms with E-state index in [4.69, 9.17) is 0 Å². The average molecular weight is 232 g/mol. The van der Waals surface area contributed by atoms with Gasteiger partial charge >= 0.3 is 0 Å². The van der Waals surface area contributed by atoms with E-state index >= 15 is 0 Å². The number of carbonyl (C=O) groups excluding carboxylic acids is 1. The van der Waals surface area contributed by atoms with Gasteiger partial charge in [0.2, 0.25) is 5.91 Å². The van der Waals surface area contributed by atoms with Crippen molar-refractivity contribution < 1.29 is 4.79 Å². The Morgan fingerprint density at radius 1 is 1.47 bits per heavy atom. The molecule has 1 aromatic carbocycles. The van der Waals surface area contributed by atoms with Gasteiger partial charge in [0.05, 0.1) is 18.3 Å². The van der Waals surface area contributed by atoms with Crippen LogP contribution in [0.25, 0.3) is 10.9 Å². The number of hydrogen-bond donors (Lipinski definition) is 3. The number of fused-ring (bicyclic) bond motifs is 1. The number of hydrogen-bond acceptors (Lipinski definition) is 3. The summed E-state index contributed by atoms with van der Waals surface area (Å²) in [7, 11) is 0. The second-order valence-electron chi connectivity index (χ2n) is 4.26. The van der Waals surface area contributed by atoms with E-state index in [0.29, 0.717) is 12.6 Å². The third-order valence-electron chi connectivity index (χ3n) is 2.40. The highest BCUT2D eigenvalue weighted by Gasteiger charge is 2.04. The molecule has 5 heteroatoms. The molecule has 0 saturated carbocycles. The molecule has 0 unspecified atom stereocenters. The number of H-pyrrole nitrogens is 1. The van der Waals surface area contributed by atoms with Gasteiger partial charge in [0.25, 0.3) is 0 Å². The third-order valence-corrected chi connectivity index (χ3v) is 2.40. The van der Waals surface area contributed by atoms with Crippen molar-refractivity contribution in [2.75, 3.05) is 11.9 Å². The fourth-order valence-corrected chi connectivity index (χ4v) is 1.52. The van der Waals surface area contributed by atoms with Crippen LogP contribution < -0.4 is 10.6 Å². The Morgan fingerprint density at radius 2 is 2.29 bits per heavy atom. The first-order valence-electron chi connectivity index (χ1n) is 5.61. The van der Waals surface area contributed by atoms with E-state index in [1.807, 2.05) is 32.0 Å². The molecule has 1 aromatic heterocycles. The van der Waals surface area contributed by atoms with Gasteiger partial charge in [-0.25, -0.2) is 0 Å². The molecule has 5 nitrogen and oxygen atoms in total. The highest BCUT2D eigenvalue weighted by atomic mass is 16.1. The van der Waals surface area contributed by atoms with Crippen molar-refractivity contribution in [1.29, 1.82) is 0 Å². The lowest BCUT2D eigenvalue weighted by Gasteiger charge is -2.08. The summed E-state index contributed by atoms with van der Waals surface area (Å²) in [6.07, 6.45) is 1.75. The molecule has 0 saturated heterocycles. The predicted molar refractivity (Wildman–Crippen MR) is 67.9 cm³/mol. The van der Waals surface area contributed by atoms with Crippen LogP contribution in [0.4, 0.5) is 5.69 Å². The summed E-state index contributed by atoms with van der Waals surface area (Å²) < 4.78 is 0. The minimum atomic E-state index is -0.0439. The Labute approximate surface area is 99.6 Å². The summed E-state index contributed by atoms with van der Waals surface area (Å²) >= 11 is 0. The Bertz CT molecular complexity index is 518. The molecule has 0 aliphatic rings. The molecule has 3 N–H and O–H groups in total. The lowest BCUT2D eigenvalue weighted by molar-refractivity contribution is -0.115. The van der Waals surface area contributed by atoms with Gasteiger partial charge in [-0.2, -0.15) is 5.10 Å². The van der Waals surface area contributed by atoms with Crippen molar-refractivity contribution in [2.24, 2.45) is 0 Å². The largest absolute Gasteiger partial charge is 0.325 e. The van der Waals surface area contributed by atoms with Gasteiger partial charge in [-0.3, -0.25) is 9.89 Å². The van der Waals surface area contributed by atoms with E-state index in [1.165, 1.54) is 0 Å². The SMILES string of the molecule is CC(C)NCC(=O)Nc1ccc2cn[nH]c2c1. The summed E-state index contributed by atoms with van der Waals surface area (Å²) in [5.41, 5.74) is 1.69. The molecule has 1 heterocycles. The second-order valence-corrected chi connectivity index (χ2v) is 4.26. The van der Waals surface area contributed by atoms with Crippen LogP contribution in [0, 0.1) is 0 Å². The van der Waals surface area contributed by atoms with E-state index in [9.17, 15) is 4.79 Å². The zero-order valence-corrected chi connectivity index (χ0v) is 9.95. The van der Waals surface area contributed by atoms with E-state index in [-0.39, 0.29) is 5.91 Å². The maximum atomic E-state index is 11.6. The summed E-state index contributed by atoms with van der Waals surface area (Å²) in [6.45, 7) is 4.33. The maximum Gasteiger partial charge on any atom is 0.238 e. The molecule has 0 bridgehead atoms. The zero-order chi connectivity index (χ0) is 12.3. The van der Waals surface area contributed by atoms with Crippen LogP contribution in [0.1, 0.15) is 13.8 Å². The van der Waals surface area contributed by atoms with E-state index in [0.717, 1.165) is 16.6 Å². The smallest absolute Gasteiger partial charge is 0.238 e. The zero-order valence-electron chi connectivity index (χ0n) is 9.95. The number of anilines is 1. The van der Waals surface area contributed by atoms with Gasteiger partial charge in [0.1, 0.15) is 0 Å². The van der Waals surface area contributed by atoms with Crippen molar-refractivity contribution in [3.8, 4) is 0 Å². The van der Waals surface area contributed by atoms with Crippen LogP contribution in [0.5, 0.6) is 0 Å². The van der Waals surface area contributed by atoms with Gasteiger partial charge in [-0.05, 0) is 18.2 Å². The topological polar surface area (TPSA) is 69.8 Å². The first-order chi connectivity index (χ1) is 8.15. The highest BCUT2D eigenvalue weighted by Crippen LogP contribution is 2.16. The van der Waals surface area contributed by atoms with E-state index in [1.54, 1.807) is 6.20 Å². The normalized spacial score (nSPS) is 11.0. The van der Waals surface area contributed by atoms with Crippen molar-refractivity contribution in [1.82, 2.24) is 15.5 Å². The van der Waals surface area contributed by atoms with Gasteiger partial charge in [-0.1, -0.05) is 13.8 Å². The third kappa shape index (κ3) is 3.04. The van der Waals surface area contributed by atoms with Gasteiger partial charge in [0, 0.05) is 17.1 Å². The Kier molecular flexibility index (Phi) is 3.39. The molecular formula is C12H16N4O. The maximum absolute atomic E-state index is 11.6. The molecule has 17 heavy (non-hydrogen) atoms. The van der Waals surface area contributed by atoms with Crippen molar-refractivity contribution in [3.63, 3.8) is 0 Å². The molecule has 2 aromatic rings. The number of aromatic amines is 1. The molecule has 0 radical (unpaired) electrons. The molecule has 0 atom stereocenters. The van der Waals surface area contributed by atoms with Crippen molar-refractivity contribution in [2.45, 2.75) is 19.9 Å². The number of aromatic nitrogens is 2. The summed E-state index contributed by atoms with van der Waals surface area (Å²) in [5.74, 6) is -0.0439. The van der Waals surface area contributed by atoms with Crippen LogP contribution >= 0.6 is 0 Å². The number of carbonyl (C=O) groups is 1. The fraction of sp³-hybridized carbons (Fsp3) is 0.333. The molecule has 0 aliphatic carbocycles. The Hall–Kier alpha value is -1.88. The number of benzene rings is 1. The van der Waals surface area contributed by atoms with Crippen LogP contribution in [-0.4, -0.2) is 28.7 Å². The minimum absolute atomic E-state index is 0.0439. The molecular weight excluding hydrogens is 216 g/mol. The lowest BCUT2D eigenvalue weighted by Crippen LogP contribution is -2.32. The first kappa shape index (κ1) is 11.6. The number of nitrogens with one attached hydrogen (secondary N) is 3. The summed E-state index contributed by atoms with van der Waals surface area (Å²) in [6, 6.07) is 5.96. The molecule has 0 aliphatic heterocycles. The van der Waals surface area contributed by atoms with Crippen LogP contribution in [0.15, 0.2) is 24.4 Å². The molecule has 90 valence electrons. The van der Waals surface area contributed by atoms with Gasteiger partial charge < -0.3 is 10.6 Å². The fourth-order valence-electron chi connectivity index (χ4n) is 1.52. The van der Waals surface area contributed by atoms with Crippen LogP contribution in [-0.2, 0) is 4.79 Å². The standard InChI is InChI=1S/C12H16N4O/c1-8(2)13-7-12(17)15-10-4-3-9-6-14-16-11(9)5-10/h3-6,8,13H,7H2,1-2H3,(H,14,16)(H,15,17). The van der Waals surface area contributed by atoms with Crippen LogP contribution in [0.2, 0.25) is 0 Å². The monoisotopic (exact) mass is 232 g/mol. The highest BCUT2D eigenvalue weighted by molar-refractivity contribution is 5.94. The van der Waals surface area contributed by atoms with E-state index < -0.39 is 0 Å². The van der Waals surface area contributed by atoms with E-state index in [2.05, 4.69) is 20.8 Å². The van der Waals surface area contributed by atoms with Gasteiger partial charge in [-0.15, -0.1) is 0 Å². The minimum Gasteiger partial charge on any atom is -0.325 e. The van der Waals surface area contributed by atoms with Crippen molar-refractivity contribution >= 4 is 22.5 Å². The van der Waals surface area contributed by atoms with Crippen LogP contribution in [0.3, 0.4) is 0 Å². The molecule has 1 amide bonds. The quantitative estimate of drug-likeness (QED) is 0.748. The molecule has 2 rings (SSSR count). The number of nitrogens with zero attached hydrogens (tertiary/aromatic N) is 1. The first-order valence-corrected chi connectivity index (χ1v) is 5.61. The predicted octanol–water partition coefficient (Wildman–Crippen LogP) is 1.50. The van der Waals surface area contributed by atoms with Gasteiger partial charge in [0.15, 0.2) is 0 Å². The second kappa shape index (κ2) is 4.97. The number of amides is 1. The van der Waals surface area contributed by atoms with Crippen molar-refractivity contribution in [3.05, 3.63) is 24.4 Å². The number of rotatable bonds is 4. The molecule has 0 fully saturated rings. The summed E-state index contributed by atoms with van der Waals surface area (Å²) in [4.78, 5) is 11.6.